The van der Waals surface area contributed by atoms with Crippen molar-refractivity contribution in [3.8, 4) is 0 Å². The summed E-state index contributed by atoms with van der Waals surface area (Å²) in [6, 6.07) is 1.41. The molecule has 2 aromatic heterocycles. The van der Waals surface area contributed by atoms with Crippen molar-refractivity contribution in [3.63, 3.8) is 0 Å². The van der Waals surface area contributed by atoms with Gasteiger partial charge in [0.2, 0.25) is 10.0 Å². The average Bonchev–Trinajstić information content (AvgIpc) is 2.77. The lowest BCUT2D eigenvalue weighted by molar-refractivity contribution is 0.457. The Labute approximate surface area is 129 Å². The number of sulfonamides is 1. The second-order valence-corrected chi connectivity index (χ2v) is 7.33. The fourth-order valence-electron chi connectivity index (χ4n) is 1.50. The van der Waals surface area contributed by atoms with E-state index in [4.69, 9.17) is 11.6 Å². The Morgan fingerprint density at radius 2 is 2.20 bits per heavy atom. The van der Waals surface area contributed by atoms with Crippen LogP contribution < -0.4 is 0 Å². The Kier molecular flexibility index (Phi) is 4.43. The smallest absolute Gasteiger partial charge is 0.246 e. The molecule has 20 heavy (non-hydrogen) atoms. The van der Waals surface area contributed by atoms with E-state index >= 15 is 0 Å². The molecule has 0 fully saturated rings. The van der Waals surface area contributed by atoms with Crippen molar-refractivity contribution in [2.45, 2.75) is 18.4 Å². The maximum Gasteiger partial charge on any atom is 0.246 e. The number of aryl methyl sites for hydroxylation is 1. The largest absolute Gasteiger partial charge is 0.263 e. The van der Waals surface area contributed by atoms with Crippen LogP contribution in [0.25, 0.3) is 0 Å². The minimum atomic E-state index is -3.77. The molecule has 0 saturated carbocycles. The maximum atomic E-state index is 12.4. The van der Waals surface area contributed by atoms with E-state index in [-0.39, 0.29) is 16.6 Å². The second-order valence-electron chi connectivity index (χ2n) is 4.04. The number of rotatable bonds is 4. The van der Waals surface area contributed by atoms with Crippen LogP contribution in [0.5, 0.6) is 0 Å². The summed E-state index contributed by atoms with van der Waals surface area (Å²) in [5.41, 5.74) is 0. The van der Waals surface area contributed by atoms with Gasteiger partial charge in [-0.05, 0) is 28.9 Å². The van der Waals surface area contributed by atoms with Crippen molar-refractivity contribution in [2.75, 3.05) is 7.05 Å². The lowest BCUT2D eigenvalue weighted by Gasteiger charge is -2.16. The molecule has 2 rings (SSSR count). The summed E-state index contributed by atoms with van der Waals surface area (Å²) in [4.78, 5) is 7.81. The van der Waals surface area contributed by atoms with Crippen molar-refractivity contribution >= 4 is 37.6 Å². The third-order valence-electron chi connectivity index (χ3n) is 2.47. The van der Waals surface area contributed by atoms with Crippen LogP contribution in [0, 0.1) is 6.92 Å². The van der Waals surface area contributed by atoms with E-state index in [0.717, 1.165) is 4.31 Å². The number of H-pyrrole nitrogens is 1. The van der Waals surface area contributed by atoms with Gasteiger partial charge in [-0.1, -0.05) is 11.6 Å². The van der Waals surface area contributed by atoms with E-state index in [9.17, 15) is 8.42 Å². The Morgan fingerprint density at radius 3 is 2.80 bits per heavy atom. The van der Waals surface area contributed by atoms with Crippen LogP contribution in [-0.2, 0) is 16.6 Å². The van der Waals surface area contributed by atoms with Crippen LogP contribution >= 0.6 is 27.5 Å². The maximum absolute atomic E-state index is 12.4. The molecule has 1 N–H and O–H groups in total. The highest BCUT2D eigenvalue weighted by molar-refractivity contribution is 9.10. The van der Waals surface area contributed by atoms with Gasteiger partial charge in [0.25, 0.3) is 0 Å². The average molecular weight is 381 g/mol. The monoisotopic (exact) mass is 379 g/mol. The fourth-order valence-corrected chi connectivity index (χ4v) is 3.54. The molecule has 0 unspecified atom stereocenters. The van der Waals surface area contributed by atoms with E-state index in [2.05, 4.69) is 36.1 Å². The molecule has 0 aliphatic heterocycles. The van der Waals surface area contributed by atoms with Gasteiger partial charge in [0.1, 0.15) is 15.9 Å². The molecular weight excluding hydrogens is 370 g/mol. The summed E-state index contributed by atoms with van der Waals surface area (Å²) < 4.78 is 26.5. The SMILES string of the molecule is Cc1nc(CN(C)S(=O)(=O)c2cc(Br)cnc2Cl)n[nH]1. The number of hydrogen-bond acceptors (Lipinski definition) is 5. The first-order valence-electron chi connectivity index (χ1n) is 5.46. The fraction of sp³-hybridized carbons (Fsp3) is 0.300. The molecule has 0 bridgehead atoms. The predicted molar refractivity (Wildman–Crippen MR) is 76.7 cm³/mol. The molecule has 0 radical (unpaired) electrons. The highest BCUT2D eigenvalue weighted by Crippen LogP contribution is 2.25. The number of halogens is 2. The molecule has 0 aliphatic carbocycles. The van der Waals surface area contributed by atoms with E-state index in [1.165, 1.54) is 19.3 Å². The molecule has 108 valence electrons. The Bertz CT molecular complexity index is 733. The first kappa shape index (κ1) is 15.4. The van der Waals surface area contributed by atoms with Gasteiger partial charge >= 0.3 is 0 Å². The summed E-state index contributed by atoms with van der Waals surface area (Å²) in [6.07, 6.45) is 1.43. The highest BCUT2D eigenvalue weighted by atomic mass is 79.9. The van der Waals surface area contributed by atoms with Crippen LogP contribution in [-0.4, -0.2) is 39.9 Å². The summed E-state index contributed by atoms with van der Waals surface area (Å²) >= 11 is 9.03. The molecule has 0 amide bonds. The second kappa shape index (κ2) is 5.76. The van der Waals surface area contributed by atoms with Crippen molar-refractivity contribution in [2.24, 2.45) is 0 Å². The number of nitrogens with one attached hydrogen (secondary N) is 1. The van der Waals surface area contributed by atoms with E-state index < -0.39 is 10.0 Å². The molecule has 2 heterocycles. The number of hydrogen-bond donors (Lipinski definition) is 1. The number of aromatic nitrogens is 4. The summed E-state index contributed by atoms with van der Waals surface area (Å²) in [6.45, 7) is 1.77. The molecule has 0 saturated heterocycles. The summed E-state index contributed by atoms with van der Waals surface area (Å²) in [7, 11) is -2.34. The van der Waals surface area contributed by atoms with Gasteiger partial charge in [-0.2, -0.15) is 9.40 Å². The van der Waals surface area contributed by atoms with Gasteiger partial charge in [-0.25, -0.2) is 18.4 Å². The molecule has 0 aromatic carbocycles. The van der Waals surface area contributed by atoms with Crippen molar-refractivity contribution in [3.05, 3.63) is 33.5 Å². The first-order chi connectivity index (χ1) is 9.30. The highest BCUT2D eigenvalue weighted by Gasteiger charge is 2.25. The Morgan fingerprint density at radius 1 is 1.50 bits per heavy atom. The van der Waals surface area contributed by atoms with E-state index in [0.29, 0.717) is 16.1 Å². The zero-order valence-corrected chi connectivity index (χ0v) is 13.8. The predicted octanol–water partition coefficient (Wildman–Crippen LogP) is 1.74. The van der Waals surface area contributed by atoms with Crippen molar-refractivity contribution in [1.29, 1.82) is 0 Å². The number of nitrogens with zero attached hydrogens (tertiary/aromatic N) is 4. The molecule has 10 heteroatoms. The molecular formula is C10H11BrClN5O2S. The van der Waals surface area contributed by atoms with Gasteiger partial charge in [0.05, 0.1) is 6.54 Å². The Hall–Kier alpha value is -1.03. The standard InChI is InChI=1S/C10H11BrClN5O2S/c1-6-14-9(16-15-6)5-17(2)20(18,19)8-3-7(11)4-13-10(8)12/h3-4H,5H2,1-2H3,(H,14,15,16). The van der Waals surface area contributed by atoms with Gasteiger partial charge in [0, 0.05) is 17.7 Å². The molecule has 7 nitrogen and oxygen atoms in total. The lowest BCUT2D eigenvalue weighted by atomic mass is 10.5. The number of aromatic amines is 1. The van der Waals surface area contributed by atoms with Gasteiger partial charge in [0.15, 0.2) is 5.82 Å². The summed E-state index contributed by atoms with van der Waals surface area (Å²) in [5.74, 6) is 1.00. The zero-order valence-electron chi connectivity index (χ0n) is 10.6. The quantitative estimate of drug-likeness (QED) is 0.816. The third-order valence-corrected chi connectivity index (χ3v) is 5.13. The first-order valence-corrected chi connectivity index (χ1v) is 8.07. The van der Waals surface area contributed by atoms with E-state index in [1.54, 1.807) is 6.92 Å². The summed E-state index contributed by atoms with van der Waals surface area (Å²) in [5, 5.41) is 6.48. The minimum Gasteiger partial charge on any atom is -0.263 e. The van der Waals surface area contributed by atoms with Crippen molar-refractivity contribution in [1.82, 2.24) is 24.5 Å². The van der Waals surface area contributed by atoms with Crippen LogP contribution in [0.2, 0.25) is 5.15 Å². The third kappa shape index (κ3) is 3.17. The van der Waals surface area contributed by atoms with Crippen LogP contribution in [0.4, 0.5) is 0 Å². The van der Waals surface area contributed by atoms with Crippen LogP contribution in [0.1, 0.15) is 11.6 Å². The number of pyridine rings is 1. The normalized spacial score (nSPS) is 12.1. The minimum absolute atomic E-state index is 0.0372. The molecule has 2 aromatic rings. The molecule has 0 atom stereocenters. The molecule has 0 spiro atoms. The van der Waals surface area contributed by atoms with E-state index in [1.807, 2.05) is 0 Å². The molecule has 0 aliphatic rings. The van der Waals surface area contributed by atoms with Gasteiger partial charge < -0.3 is 0 Å². The van der Waals surface area contributed by atoms with Crippen LogP contribution in [0.3, 0.4) is 0 Å². The topological polar surface area (TPSA) is 91.8 Å². The Balaban J connectivity index is 2.32. The van der Waals surface area contributed by atoms with Gasteiger partial charge in [-0.15, -0.1) is 0 Å². The van der Waals surface area contributed by atoms with Crippen LogP contribution in [0.15, 0.2) is 21.6 Å². The van der Waals surface area contributed by atoms with Gasteiger partial charge in [-0.3, -0.25) is 5.10 Å². The zero-order chi connectivity index (χ0) is 14.9. The van der Waals surface area contributed by atoms with Crippen molar-refractivity contribution < 1.29 is 8.42 Å². The lowest BCUT2D eigenvalue weighted by Crippen LogP contribution is -2.27.